The largest absolute Gasteiger partial charge is 0.494 e. The van der Waals surface area contributed by atoms with E-state index in [1.54, 1.807) is 18.3 Å². The molecule has 1 amide bonds. The molecule has 6 nitrogen and oxygen atoms in total. The Morgan fingerprint density at radius 2 is 1.47 bits per heavy atom. The summed E-state index contributed by atoms with van der Waals surface area (Å²) in [6.07, 6.45) is 3.68. The van der Waals surface area contributed by atoms with Gasteiger partial charge in [-0.25, -0.2) is 5.43 Å². The lowest BCUT2D eigenvalue weighted by Gasteiger charge is -2.08. The zero-order valence-electron chi connectivity index (χ0n) is 18.2. The normalized spacial score (nSPS) is 10.7. The number of carbonyl (C=O) groups is 1. The molecule has 0 fully saturated rings. The molecular formula is C26H28N2O4. The zero-order valence-corrected chi connectivity index (χ0v) is 18.2. The predicted octanol–water partition coefficient (Wildman–Crippen LogP) is 4.97. The van der Waals surface area contributed by atoms with Crippen molar-refractivity contribution in [1.29, 1.82) is 0 Å². The Morgan fingerprint density at radius 3 is 2.16 bits per heavy atom. The first-order valence-corrected chi connectivity index (χ1v) is 10.7. The van der Waals surface area contributed by atoms with Crippen molar-refractivity contribution in [3.8, 4) is 17.2 Å². The van der Waals surface area contributed by atoms with E-state index in [9.17, 15) is 4.79 Å². The Morgan fingerprint density at radius 1 is 0.844 bits per heavy atom. The minimum Gasteiger partial charge on any atom is -0.494 e. The summed E-state index contributed by atoms with van der Waals surface area (Å²) in [4.78, 5) is 11.9. The van der Waals surface area contributed by atoms with E-state index < -0.39 is 0 Å². The number of amides is 1. The molecule has 0 unspecified atom stereocenters. The lowest BCUT2D eigenvalue weighted by molar-refractivity contribution is -0.123. The minimum atomic E-state index is -0.340. The van der Waals surface area contributed by atoms with Crippen molar-refractivity contribution in [2.45, 2.75) is 26.4 Å². The van der Waals surface area contributed by atoms with E-state index in [2.05, 4.69) is 17.5 Å². The van der Waals surface area contributed by atoms with Crippen LogP contribution in [0.15, 0.2) is 84.0 Å². The lowest BCUT2D eigenvalue weighted by Crippen LogP contribution is -2.24. The van der Waals surface area contributed by atoms with Gasteiger partial charge in [-0.15, -0.1) is 0 Å². The maximum absolute atomic E-state index is 11.9. The van der Waals surface area contributed by atoms with E-state index in [0.717, 1.165) is 35.5 Å². The quantitative estimate of drug-likeness (QED) is 0.249. The van der Waals surface area contributed by atoms with Crippen molar-refractivity contribution in [2.75, 3.05) is 13.2 Å². The highest BCUT2D eigenvalue weighted by atomic mass is 16.5. The molecule has 3 aromatic rings. The summed E-state index contributed by atoms with van der Waals surface area (Å²) in [5.41, 5.74) is 4.41. The van der Waals surface area contributed by atoms with Gasteiger partial charge in [0, 0.05) is 0 Å². The van der Waals surface area contributed by atoms with Gasteiger partial charge in [-0.2, -0.15) is 5.10 Å². The van der Waals surface area contributed by atoms with Crippen molar-refractivity contribution in [3.05, 3.63) is 90.0 Å². The fourth-order valence-corrected chi connectivity index (χ4v) is 2.72. The first-order valence-electron chi connectivity index (χ1n) is 10.7. The van der Waals surface area contributed by atoms with Gasteiger partial charge in [0.15, 0.2) is 6.61 Å². The first-order chi connectivity index (χ1) is 15.7. The van der Waals surface area contributed by atoms with Gasteiger partial charge >= 0.3 is 0 Å². The molecule has 0 atom stereocenters. The lowest BCUT2D eigenvalue weighted by atomic mass is 10.2. The third-order valence-corrected chi connectivity index (χ3v) is 4.49. The zero-order chi connectivity index (χ0) is 22.4. The molecule has 3 aromatic carbocycles. The molecule has 0 saturated heterocycles. The van der Waals surface area contributed by atoms with E-state index >= 15 is 0 Å². The molecule has 0 aromatic heterocycles. The van der Waals surface area contributed by atoms with Gasteiger partial charge in [0.25, 0.3) is 5.91 Å². The number of nitrogens with zero attached hydrogens (tertiary/aromatic N) is 1. The average Bonchev–Trinajstić information content (AvgIpc) is 2.84. The van der Waals surface area contributed by atoms with E-state index in [1.165, 1.54) is 0 Å². The first kappa shape index (κ1) is 22.9. The summed E-state index contributed by atoms with van der Waals surface area (Å²) in [5.74, 6) is 1.81. The summed E-state index contributed by atoms with van der Waals surface area (Å²) in [5, 5.41) is 3.97. The van der Waals surface area contributed by atoms with Crippen LogP contribution in [0.5, 0.6) is 17.2 Å². The molecule has 32 heavy (non-hydrogen) atoms. The second kappa shape index (κ2) is 12.8. The molecule has 6 heteroatoms. The second-order valence-corrected chi connectivity index (χ2v) is 7.10. The second-order valence-electron chi connectivity index (χ2n) is 7.10. The fraction of sp³-hybridized carbons (Fsp3) is 0.231. The predicted molar refractivity (Wildman–Crippen MR) is 125 cm³/mol. The Labute approximate surface area is 188 Å². The Balaban J connectivity index is 1.36. The van der Waals surface area contributed by atoms with E-state index in [4.69, 9.17) is 14.2 Å². The maximum atomic E-state index is 11.9. The topological polar surface area (TPSA) is 69.2 Å². The molecule has 0 spiro atoms. The van der Waals surface area contributed by atoms with Crippen molar-refractivity contribution >= 4 is 12.1 Å². The molecule has 3 rings (SSSR count). The maximum Gasteiger partial charge on any atom is 0.277 e. The van der Waals surface area contributed by atoms with Crippen LogP contribution in [0.4, 0.5) is 0 Å². The highest BCUT2D eigenvalue weighted by Gasteiger charge is 2.02. The van der Waals surface area contributed by atoms with Gasteiger partial charge in [-0.3, -0.25) is 4.79 Å². The number of nitrogens with one attached hydrogen (secondary N) is 1. The standard InChI is InChI=1S/C26H28N2O4/c1-2-3-17-30-23-13-15-25(16-14-23)32-20-26(29)28-27-18-21-9-11-24(12-10-21)31-19-22-7-5-4-6-8-22/h4-16,18H,2-3,17,19-20H2,1H3,(H,28,29). The minimum absolute atomic E-state index is 0.125. The molecule has 0 aliphatic rings. The van der Waals surface area contributed by atoms with Crippen molar-refractivity contribution in [1.82, 2.24) is 5.43 Å². The number of benzene rings is 3. The molecule has 166 valence electrons. The van der Waals surface area contributed by atoms with Crippen molar-refractivity contribution in [2.24, 2.45) is 5.10 Å². The van der Waals surface area contributed by atoms with E-state index in [1.807, 2.05) is 66.7 Å². The Hall–Kier alpha value is -3.80. The van der Waals surface area contributed by atoms with E-state index in [0.29, 0.717) is 19.0 Å². The van der Waals surface area contributed by atoms with Crippen LogP contribution in [0, 0.1) is 0 Å². The van der Waals surface area contributed by atoms with Crippen LogP contribution in [0.1, 0.15) is 30.9 Å². The molecule has 0 radical (unpaired) electrons. The van der Waals surface area contributed by atoms with Gasteiger partial charge in [0.05, 0.1) is 12.8 Å². The Bertz CT molecular complexity index is 971. The van der Waals surface area contributed by atoms with Crippen LogP contribution in [-0.4, -0.2) is 25.3 Å². The molecule has 0 bridgehead atoms. The fourth-order valence-electron chi connectivity index (χ4n) is 2.72. The van der Waals surface area contributed by atoms with Gasteiger partial charge in [-0.05, 0) is 66.1 Å². The molecule has 1 N–H and O–H groups in total. The van der Waals surface area contributed by atoms with Crippen molar-refractivity contribution in [3.63, 3.8) is 0 Å². The van der Waals surface area contributed by atoms with Crippen molar-refractivity contribution < 1.29 is 19.0 Å². The molecule has 0 aliphatic carbocycles. The molecular weight excluding hydrogens is 404 g/mol. The summed E-state index contributed by atoms with van der Waals surface area (Å²) in [7, 11) is 0. The monoisotopic (exact) mass is 432 g/mol. The van der Waals surface area contributed by atoms with Crippen LogP contribution in [0.25, 0.3) is 0 Å². The summed E-state index contributed by atoms with van der Waals surface area (Å²) < 4.78 is 16.8. The van der Waals surface area contributed by atoms with Crippen LogP contribution in [0.2, 0.25) is 0 Å². The van der Waals surface area contributed by atoms with Gasteiger partial charge in [0.2, 0.25) is 0 Å². The van der Waals surface area contributed by atoms with Crippen LogP contribution >= 0.6 is 0 Å². The number of ether oxygens (including phenoxy) is 3. The average molecular weight is 433 g/mol. The number of hydrazone groups is 1. The highest BCUT2D eigenvalue weighted by molar-refractivity contribution is 5.83. The Kier molecular flexibility index (Phi) is 9.15. The number of rotatable bonds is 12. The molecule has 0 aliphatic heterocycles. The number of unbranched alkanes of at least 4 members (excludes halogenated alkanes) is 1. The van der Waals surface area contributed by atoms with Gasteiger partial charge in [-0.1, -0.05) is 43.7 Å². The number of hydrogen-bond acceptors (Lipinski definition) is 5. The SMILES string of the molecule is CCCCOc1ccc(OCC(=O)NN=Cc2ccc(OCc3ccccc3)cc2)cc1. The smallest absolute Gasteiger partial charge is 0.277 e. The van der Waals surface area contributed by atoms with E-state index in [-0.39, 0.29) is 12.5 Å². The summed E-state index contributed by atoms with van der Waals surface area (Å²) in [6.45, 7) is 3.20. The third kappa shape index (κ3) is 8.14. The van der Waals surface area contributed by atoms with Gasteiger partial charge in [0.1, 0.15) is 23.9 Å². The third-order valence-electron chi connectivity index (χ3n) is 4.49. The van der Waals surface area contributed by atoms with Gasteiger partial charge < -0.3 is 14.2 Å². The summed E-state index contributed by atoms with van der Waals surface area (Å²) in [6, 6.07) is 24.7. The molecule has 0 saturated carbocycles. The summed E-state index contributed by atoms with van der Waals surface area (Å²) >= 11 is 0. The number of carbonyl (C=O) groups excluding carboxylic acids is 1. The van der Waals surface area contributed by atoms with Crippen LogP contribution < -0.4 is 19.6 Å². The van der Waals surface area contributed by atoms with Crippen LogP contribution in [-0.2, 0) is 11.4 Å². The van der Waals surface area contributed by atoms with Crippen LogP contribution in [0.3, 0.4) is 0 Å². The molecule has 0 heterocycles. The highest BCUT2D eigenvalue weighted by Crippen LogP contribution is 2.18. The number of hydrogen-bond donors (Lipinski definition) is 1.